The Labute approximate surface area is 174 Å². The van der Waals surface area contributed by atoms with Gasteiger partial charge in [0.15, 0.2) is 0 Å². The molecular weight excluding hydrogens is 336 g/mol. The molecular formula is C17H18NO2Rb. The number of hydrogen-bond donors (Lipinski definition) is 1. The van der Waals surface area contributed by atoms with Crippen LogP contribution in [-0.2, 0) is 12.8 Å². The van der Waals surface area contributed by atoms with Crippen LogP contribution in [0.2, 0.25) is 0 Å². The van der Waals surface area contributed by atoms with Gasteiger partial charge in [0.25, 0.3) is 0 Å². The van der Waals surface area contributed by atoms with E-state index in [1.165, 1.54) is 11.1 Å². The molecule has 0 saturated carbocycles. The van der Waals surface area contributed by atoms with Gasteiger partial charge in [-0.3, -0.25) is 0 Å². The van der Waals surface area contributed by atoms with Crippen LogP contribution in [0.3, 0.4) is 0 Å². The van der Waals surface area contributed by atoms with E-state index in [0.29, 0.717) is 17.4 Å². The summed E-state index contributed by atoms with van der Waals surface area (Å²) in [4.78, 5) is 0. The zero-order valence-corrected chi connectivity index (χ0v) is 17.4. The molecule has 1 aliphatic rings. The molecule has 0 spiro atoms. The predicted octanol–water partition coefficient (Wildman–Crippen LogP) is 1.36. The van der Waals surface area contributed by atoms with Crippen molar-refractivity contribution in [2.75, 3.05) is 7.11 Å². The van der Waals surface area contributed by atoms with Crippen LogP contribution in [0.1, 0.15) is 29.0 Å². The molecule has 1 aliphatic carbocycles. The molecule has 2 aromatic carbocycles. The molecule has 3 nitrogen and oxygen atoms in total. The minimum Gasteiger partial charge on any atom is -0.698 e. The zero-order chi connectivity index (χ0) is 14.1. The number of rotatable bonds is 2. The molecule has 1 atom stereocenters. The quantitative estimate of drug-likeness (QED) is 0.886. The third-order valence-corrected chi connectivity index (χ3v) is 4.12. The fraction of sp³-hybridized carbons (Fsp3) is 0.294. The number of fused-ring (bicyclic) bond motifs is 1. The molecule has 21 heavy (non-hydrogen) atoms. The van der Waals surface area contributed by atoms with Crippen LogP contribution in [-0.4, -0.2) is 12.2 Å². The maximum absolute atomic E-state index is 9.53. The number of nitrogens with one attached hydrogen (secondary N) is 1. The summed E-state index contributed by atoms with van der Waals surface area (Å²) in [6.07, 6.45) is 2.92. The van der Waals surface area contributed by atoms with Crippen LogP contribution in [0.4, 0.5) is 5.69 Å². The molecule has 2 N–H and O–H groups in total. The van der Waals surface area contributed by atoms with Gasteiger partial charge in [-0.25, -0.2) is 0 Å². The van der Waals surface area contributed by atoms with E-state index in [4.69, 9.17) is 10.5 Å². The number of phenolic OH excluding ortho intramolecular Hbond substituents is 1. The van der Waals surface area contributed by atoms with Crippen LogP contribution in [0.15, 0.2) is 36.4 Å². The van der Waals surface area contributed by atoms with Crippen molar-refractivity contribution in [2.45, 2.75) is 25.2 Å². The van der Waals surface area contributed by atoms with E-state index in [2.05, 4.69) is 0 Å². The topological polar surface area (TPSA) is 53.3 Å². The summed E-state index contributed by atoms with van der Waals surface area (Å²) in [5, 5.41) is 9.53. The Hall–Kier alpha value is -0.355. The number of aromatic hydroxyl groups is 1. The Kier molecular flexibility index (Phi) is 5.89. The maximum Gasteiger partial charge on any atom is 1.00 e. The van der Waals surface area contributed by atoms with E-state index in [0.717, 1.165) is 30.6 Å². The molecule has 0 amide bonds. The number of aryl methyl sites for hydroxylation is 1. The summed E-state index contributed by atoms with van der Waals surface area (Å²) >= 11 is 0. The van der Waals surface area contributed by atoms with Gasteiger partial charge in [0.1, 0.15) is 11.5 Å². The summed E-state index contributed by atoms with van der Waals surface area (Å²) in [6, 6.07) is 11.3. The zero-order valence-electron chi connectivity index (χ0n) is 12.5. The molecule has 0 radical (unpaired) electrons. The number of benzene rings is 2. The molecule has 0 bridgehead atoms. The van der Waals surface area contributed by atoms with Gasteiger partial charge in [-0.15, -0.1) is 5.69 Å². The monoisotopic (exact) mass is 353 g/mol. The Morgan fingerprint density at radius 3 is 2.67 bits per heavy atom. The summed E-state index contributed by atoms with van der Waals surface area (Å²) in [5.41, 5.74) is 12.3. The van der Waals surface area contributed by atoms with Crippen molar-refractivity contribution in [3.8, 4) is 11.5 Å². The van der Waals surface area contributed by atoms with Gasteiger partial charge in [0.05, 0.1) is 7.11 Å². The second-order valence-electron chi connectivity index (χ2n) is 5.35. The fourth-order valence-electron chi connectivity index (χ4n) is 3.03. The first-order valence-corrected chi connectivity index (χ1v) is 6.87. The molecule has 0 aliphatic heterocycles. The number of ether oxygens (including phenoxy) is 1. The summed E-state index contributed by atoms with van der Waals surface area (Å²) in [7, 11) is 1.62. The van der Waals surface area contributed by atoms with Crippen LogP contribution < -0.4 is 62.9 Å². The normalized spacial score (nSPS) is 16.7. The summed E-state index contributed by atoms with van der Waals surface area (Å²) in [6.45, 7) is 0. The van der Waals surface area contributed by atoms with Crippen LogP contribution in [0.25, 0.3) is 5.73 Å². The number of hydrogen-bond acceptors (Lipinski definition) is 2. The molecule has 3 rings (SSSR count). The van der Waals surface area contributed by atoms with Gasteiger partial charge >= 0.3 is 58.2 Å². The Balaban J connectivity index is 0.00000161. The molecule has 0 heterocycles. The van der Waals surface area contributed by atoms with Gasteiger partial charge in [-0.1, -0.05) is 17.7 Å². The second-order valence-corrected chi connectivity index (χ2v) is 5.35. The minimum atomic E-state index is 0. The van der Waals surface area contributed by atoms with Crippen LogP contribution >= 0.6 is 0 Å². The number of methoxy groups -OCH3 is 1. The van der Waals surface area contributed by atoms with Crippen molar-refractivity contribution in [3.63, 3.8) is 0 Å². The smallest absolute Gasteiger partial charge is 0.698 e. The molecule has 0 aromatic heterocycles. The van der Waals surface area contributed by atoms with Gasteiger partial charge < -0.3 is 15.6 Å². The van der Waals surface area contributed by atoms with Crippen molar-refractivity contribution in [1.29, 1.82) is 0 Å². The van der Waals surface area contributed by atoms with E-state index >= 15 is 0 Å². The Morgan fingerprint density at radius 2 is 1.95 bits per heavy atom. The molecule has 4 heteroatoms. The standard InChI is InChI=1S/C17H18NO2.Rb/c1-20-15-6-7-16(17(18)10-15)13-3-2-12-9-14(19)5-4-11(12)8-13;/h4-7,9-10,13,18-19H,2-3,8H2,1H3;/q-1;+1. The predicted molar refractivity (Wildman–Crippen MR) is 79.8 cm³/mol. The van der Waals surface area contributed by atoms with E-state index < -0.39 is 0 Å². The Morgan fingerprint density at radius 1 is 1.14 bits per heavy atom. The summed E-state index contributed by atoms with van der Waals surface area (Å²) < 4.78 is 5.16. The first-order chi connectivity index (χ1) is 9.67. The molecule has 0 saturated heterocycles. The van der Waals surface area contributed by atoms with Gasteiger partial charge in [0.2, 0.25) is 0 Å². The van der Waals surface area contributed by atoms with Crippen molar-refractivity contribution >= 4 is 5.69 Å². The van der Waals surface area contributed by atoms with Crippen molar-refractivity contribution in [2.24, 2.45) is 0 Å². The van der Waals surface area contributed by atoms with E-state index in [-0.39, 0.29) is 58.2 Å². The van der Waals surface area contributed by atoms with E-state index in [1.54, 1.807) is 19.2 Å². The van der Waals surface area contributed by atoms with Crippen LogP contribution in [0.5, 0.6) is 11.5 Å². The van der Waals surface area contributed by atoms with Gasteiger partial charge in [-0.2, -0.15) is 0 Å². The molecule has 104 valence electrons. The van der Waals surface area contributed by atoms with Crippen molar-refractivity contribution in [1.82, 2.24) is 0 Å². The fourth-order valence-corrected chi connectivity index (χ4v) is 3.03. The van der Waals surface area contributed by atoms with E-state index in [1.807, 2.05) is 24.3 Å². The minimum absolute atomic E-state index is 0. The van der Waals surface area contributed by atoms with Crippen LogP contribution in [0, 0.1) is 0 Å². The maximum atomic E-state index is 9.53. The average Bonchev–Trinajstić information content (AvgIpc) is 2.46. The first kappa shape index (κ1) is 17.0. The average molecular weight is 354 g/mol. The third-order valence-electron chi connectivity index (χ3n) is 4.12. The largest absolute Gasteiger partial charge is 1.00 e. The molecule has 1 unspecified atom stereocenters. The van der Waals surface area contributed by atoms with Crippen molar-refractivity contribution in [3.05, 3.63) is 58.8 Å². The Bertz CT molecular complexity index is 643. The first-order valence-electron chi connectivity index (χ1n) is 6.87. The van der Waals surface area contributed by atoms with E-state index in [9.17, 15) is 5.11 Å². The number of phenols is 1. The van der Waals surface area contributed by atoms with Crippen molar-refractivity contribution < 1.29 is 68.0 Å². The second kappa shape index (κ2) is 7.27. The molecule has 0 fully saturated rings. The van der Waals surface area contributed by atoms with Gasteiger partial charge in [0, 0.05) is 0 Å². The SMILES string of the molecule is COc1ccc(C2CCc3cc(O)ccc3C2)c([NH-])c1.[Rb+]. The van der Waals surface area contributed by atoms with Gasteiger partial charge in [-0.05, 0) is 60.6 Å². The third kappa shape index (κ3) is 3.70. The molecule has 2 aromatic rings. The summed E-state index contributed by atoms with van der Waals surface area (Å²) in [5.74, 6) is 1.46.